The molecule has 5 aliphatic rings. The summed E-state index contributed by atoms with van der Waals surface area (Å²) in [6, 6.07) is 5.27. The first-order valence-corrected chi connectivity index (χ1v) is 13.0. The molecule has 0 spiro atoms. The van der Waals surface area contributed by atoms with E-state index in [4.69, 9.17) is 0 Å². The van der Waals surface area contributed by atoms with Gasteiger partial charge in [-0.1, -0.05) is 6.07 Å². The van der Waals surface area contributed by atoms with Crippen molar-refractivity contribution in [1.29, 1.82) is 0 Å². The number of fused-ring (bicyclic) bond motifs is 1. The second-order valence-electron chi connectivity index (χ2n) is 11.7. The summed E-state index contributed by atoms with van der Waals surface area (Å²) in [6.45, 7) is 0.686. The van der Waals surface area contributed by atoms with Crippen LogP contribution in [0.1, 0.15) is 67.5 Å². The van der Waals surface area contributed by atoms with E-state index in [1.54, 1.807) is 28.8 Å². The number of carbonyl (C=O) groups is 4. The van der Waals surface area contributed by atoms with E-state index in [-0.39, 0.29) is 36.0 Å². The van der Waals surface area contributed by atoms with Crippen LogP contribution in [0.15, 0.2) is 24.4 Å². The van der Waals surface area contributed by atoms with Crippen molar-refractivity contribution in [3.8, 4) is 0 Å². The minimum absolute atomic E-state index is 0.132. The van der Waals surface area contributed by atoms with E-state index in [0.717, 1.165) is 22.7 Å². The van der Waals surface area contributed by atoms with Crippen LogP contribution in [0.2, 0.25) is 0 Å². The average Bonchev–Trinajstić information content (AvgIpc) is 3.38. The van der Waals surface area contributed by atoms with E-state index in [1.165, 1.54) is 52.6 Å². The summed E-state index contributed by atoms with van der Waals surface area (Å²) in [4.78, 5) is 57.1. The Balaban J connectivity index is 1.29. The smallest absolute Gasteiger partial charge is 0.268 e. The molecule has 0 aromatic carbocycles. The van der Waals surface area contributed by atoms with Gasteiger partial charge in [-0.2, -0.15) is 0 Å². The highest BCUT2D eigenvalue weighted by Gasteiger charge is 2.54. The molecule has 1 saturated heterocycles. The van der Waals surface area contributed by atoms with Crippen molar-refractivity contribution >= 4 is 29.3 Å². The van der Waals surface area contributed by atoms with Gasteiger partial charge in [-0.05, 0) is 73.8 Å². The second-order valence-corrected chi connectivity index (χ2v) is 11.7. The first-order valence-electron chi connectivity index (χ1n) is 13.0. The predicted molar refractivity (Wildman–Crippen MR) is 131 cm³/mol. The maximum absolute atomic E-state index is 13.4. The summed E-state index contributed by atoms with van der Waals surface area (Å²) >= 11 is 0. The zero-order chi connectivity index (χ0) is 25.2. The Hall–Kier alpha value is -3.23. The molecule has 190 valence electrons. The number of nitrogens with one attached hydrogen (secondary N) is 2. The van der Waals surface area contributed by atoms with Gasteiger partial charge >= 0.3 is 0 Å². The normalized spacial score (nSPS) is 32.9. The number of pyridine rings is 1. The van der Waals surface area contributed by atoms with Crippen LogP contribution in [0.25, 0.3) is 5.65 Å². The molecule has 4 bridgehead atoms. The third kappa shape index (κ3) is 3.54. The molecule has 9 nitrogen and oxygen atoms in total. The molecule has 2 aromatic rings. The minimum atomic E-state index is -1.38. The van der Waals surface area contributed by atoms with Crippen LogP contribution in [0.4, 0.5) is 0 Å². The second kappa shape index (κ2) is 8.15. The van der Waals surface area contributed by atoms with Gasteiger partial charge in [0.25, 0.3) is 5.91 Å². The van der Waals surface area contributed by atoms with Crippen LogP contribution in [-0.2, 0) is 19.8 Å². The van der Waals surface area contributed by atoms with E-state index >= 15 is 0 Å². The fraction of sp³-hybridized carbons (Fsp3) is 0.593. The lowest BCUT2D eigenvalue weighted by atomic mass is 9.49. The van der Waals surface area contributed by atoms with Gasteiger partial charge in [0.05, 0.1) is 5.69 Å². The third-order valence-corrected chi connectivity index (χ3v) is 9.29. The first-order chi connectivity index (χ1) is 17.2. The Morgan fingerprint density at radius 1 is 1.08 bits per heavy atom. The number of hydrogen-bond acceptors (Lipinski definition) is 5. The molecule has 2 N–H and O–H groups in total. The number of nitrogens with zero attached hydrogens (tertiary/aromatic N) is 3. The summed E-state index contributed by atoms with van der Waals surface area (Å²) in [7, 11) is 2.92. The van der Waals surface area contributed by atoms with Crippen molar-refractivity contribution in [2.75, 3.05) is 20.6 Å². The van der Waals surface area contributed by atoms with Crippen molar-refractivity contribution in [3.05, 3.63) is 35.8 Å². The molecular formula is C27H33N5O4. The standard InChI is InChI=1S/C27H33N5O4/c1-28-22(33)12-27(13-23(34)31(2)25(27)36)20-14-32-19(4-3-5-21(32)30-20)24(35)29-15-26-9-16-6-17(10-26)8-18(7-16)11-26/h3-5,14,16-18H,6-13,15H2,1-2H3,(H,28,33)(H,29,35). The van der Waals surface area contributed by atoms with Gasteiger partial charge in [-0.15, -0.1) is 0 Å². The SMILES string of the molecule is CNC(=O)CC1(c2cn3c(C(=O)NCC45CC6CC(CC(C6)C4)C5)cccc3n2)CC(=O)N(C)C1=O. The van der Waals surface area contributed by atoms with Gasteiger partial charge in [-0.3, -0.25) is 28.5 Å². The summed E-state index contributed by atoms with van der Waals surface area (Å²) in [6.07, 6.45) is 9.04. The van der Waals surface area contributed by atoms with E-state index in [1.807, 2.05) is 0 Å². The van der Waals surface area contributed by atoms with Crippen molar-refractivity contribution < 1.29 is 19.2 Å². The van der Waals surface area contributed by atoms with Crippen molar-refractivity contribution in [3.63, 3.8) is 0 Å². The van der Waals surface area contributed by atoms with Crippen LogP contribution >= 0.6 is 0 Å². The predicted octanol–water partition coefficient (Wildman–Crippen LogP) is 2.04. The van der Waals surface area contributed by atoms with Crippen molar-refractivity contribution in [1.82, 2.24) is 24.9 Å². The van der Waals surface area contributed by atoms with Gasteiger partial charge in [0.2, 0.25) is 17.7 Å². The van der Waals surface area contributed by atoms with Crippen molar-refractivity contribution in [2.45, 2.75) is 56.8 Å². The monoisotopic (exact) mass is 491 g/mol. The number of carbonyl (C=O) groups excluding carboxylic acids is 4. The maximum atomic E-state index is 13.4. The molecule has 1 atom stereocenters. The van der Waals surface area contributed by atoms with Gasteiger partial charge in [0.15, 0.2) is 0 Å². The number of rotatable bonds is 6. The molecule has 7 rings (SSSR count). The topological polar surface area (TPSA) is 113 Å². The molecule has 9 heteroatoms. The molecule has 1 aliphatic heterocycles. The molecule has 4 saturated carbocycles. The van der Waals surface area contributed by atoms with Crippen LogP contribution in [0, 0.1) is 23.2 Å². The Morgan fingerprint density at radius 3 is 2.33 bits per heavy atom. The van der Waals surface area contributed by atoms with Gasteiger partial charge in [-0.25, -0.2) is 4.98 Å². The van der Waals surface area contributed by atoms with E-state index in [9.17, 15) is 19.2 Å². The number of aromatic nitrogens is 2. The Labute approximate surface area is 210 Å². The number of imide groups is 1. The summed E-state index contributed by atoms with van der Waals surface area (Å²) in [5.74, 6) is 1.11. The molecule has 4 amide bonds. The molecule has 5 fully saturated rings. The zero-order valence-corrected chi connectivity index (χ0v) is 20.9. The number of amides is 4. The maximum Gasteiger partial charge on any atom is 0.268 e. The molecular weight excluding hydrogens is 458 g/mol. The summed E-state index contributed by atoms with van der Waals surface area (Å²) in [5.41, 5.74) is 0.0899. The van der Waals surface area contributed by atoms with Crippen LogP contribution < -0.4 is 10.6 Å². The van der Waals surface area contributed by atoms with E-state index in [2.05, 4.69) is 15.6 Å². The fourth-order valence-electron chi connectivity index (χ4n) is 7.97. The molecule has 36 heavy (non-hydrogen) atoms. The van der Waals surface area contributed by atoms with E-state index < -0.39 is 11.3 Å². The van der Waals surface area contributed by atoms with E-state index in [0.29, 0.717) is 23.6 Å². The Kier molecular flexibility index (Phi) is 5.25. The van der Waals surface area contributed by atoms with Crippen LogP contribution in [0.5, 0.6) is 0 Å². The lowest BCUT2D eigenvalue weighted by molar-refractivity contribution is -0.139. The zero-order valence-electron chi connectivity index (χ0n) is 20.9. The molecule has 0 radical (unpaired) electrons. The molecule has 4 aliphatic carbocycles. The molecule has 1 unspecified atom stereocenters. The number of likely N-dealkylation sites (N-methyl/N-ethyl adjacent to an activating group) is 1. The lowest BCUT2D eigenvalue weighted by Crippen LogP contribution is -2.51. The van der Waals surface area contributed by atoms with Gasteiger partial charge in [0.1, 0.15) is 16.8 Å². The van der Waals surface area contributed by atoms with Crippen molar-refractivity contribution in [2.24, 2.45) is 23.2 Å². The third-order valence-electron chi connectivity index (χ3n) is 9.29. The highest BCUT2D eigenvalue weighted by molar-refractivity contribution is 6.10. The van der Waals surface area contributed by atoms with Gasteiger partial charge in [0, 0.05) is 39.7 Å². The Bertz CT molecular complexity index is 1250. The summed E-state index contributed by atoms with van der Waals surface area (Å²) < 4.78 is 1.67. The number of likely N-dealkylation sites (tertiary alicyclic amines) is 1. The fourth-order valence-corrected chi connectivity index (χ4v) is 7.97. The quantitative estimate of drug-likeness (QED) is 0.601. The van der Waals surface area contributed by atoms with Gasteiger partial charge < -0.3 is 10.6 Å². The molecule has 3 heterocycles. The Morgan fingerprint density at radius 2 is 1.75 bits per heavy atom. The summed E-state index contributed by atoms with van der Waals surface area (Å²) in [5, 5.41) is 5.77. The average molecular weight is 492 g/mol. The van der Waals surface area contributed by atoms with Crippen LogP contribution in [0.3, 0.4) is 0 Å². The number of imidazole rings is 1. The minimum Gasteiger partial charge on any atom is -0.359 e. The highest BCUT2D eigenvalue weighted by atomic mass is 16.2. The molecule has 2 aromatic heterocycles. The highest BCUT2D eigenvalue weighted by Crippen LogP contribution is 2.59. The lowest BCUT2D eigenvalue weighted by Gasteiger charge is -2.56. The largest absolute Gasteiger partial charge is 0.359 e. The first kappa shape index (κ1) is 23.2. The van der Waals surface area contributed by atoms with Crippen LogP contribution in [-0.4, -0.2) is 58.6 Å². The number of hydrogen-bond donors (Lipinski definition) is 2.